The Morgan fingerprint density at radius 1 is 1.18 bits per heavy atom. The average molecular weight is 301 g/mol. The molecule has 2 heterocycles. The van der Waals surface area contributed by atoms with Crippen molar-refractivity contribution in [1.82, 2.24) is 14.8 Å². The van der Waals surface area contributed by atoms with Gasteiger partial charge in [-0.25, -0.2) is 0 Å². The van der Waals surface area contributed by atoms with E-state index in [9.17, 15) is 4.79 Å². The number of aromatic nitrogens is 1. The molecule has 2 aromatic rings. The van der Waals surface area contributed by atoms with Crippen LogP contribution in [0.2, 0.25) is 0 Å². The van der Waals surface area contributed by atoms with Crippen LogP contribution in [0.4, 0.5) is 0 Å². The second-order valence-corrected chi connectivity index (χ2v) is 5.80. The summed E-state index contributed by atoms with van der Waals surface area (Å²) in [6.45, 7) is 5.37. The summed E-state index contributed by atoms with van der Waals surface area (Å²) in [5.74, 6) is -0.146. The van der Waals surface area contributed by atoms with Crippen molar-refractivity contribution < 1.29 is 9.53 Å². The predicted molar refractivity (Wildman–Crippen MR) is 86.9 cm³/mol. The molecule has 1 aromatic carbocycles. The van der Waals surface area contributed by atoms with Crippen molar-refractivity contribution in [2.24, 2.45) is 0 Å². The number of carbonyl (C=O) groups excluding carboxylic acids is 1. The summed E-state index contributed by atoms with van der Waals surface area (Å²) in [4.78, 5) is 19.2. The van der Waals surface area contributed by atoms with Crippen LogP contribution in [-0.2, 0) is 16.0 Å². The summed E-state index contributed by atoms with van der Waals surface area (Å²) >= 11 is 0. The van der Waals surface area contributed by atoms with Crippen molar-refractivity contribution in [3.63, 3.8) is 0 Å². The third kappa shape index (κ3) is 3.48. The van der Waals surface area contributed by atoms with Crippen LogP contribution >= 0.6 is 0 Å². The molecule has 0 saturated carbocycles. The number of piperazine rings is 1. The first-order valence-corrected chi connectivity index (χ1v) is 7.83. The van der Waals surface area contributed by atoms with Gasteiger partial charge in [0, 0.05) is 49.8 Å². The molecule has 0 bridgehead atoms. The first-order valence-electron chi connectivity index (χ1n) is 7.83. The second kappa shape index (κ2) is 6.94. The zero-order chi connectivity index (χ0) is 15.4. The number of nitrogens with one attached hydrogen (secondary N) is 1. The maximum atomic E-state index is 11.3. The number of hydrogen-bond donors (Lipinski definition) is 1. The zero-order valence-corrected chi connectivity index (χ0v) is 13.0. The van der Waals surface area contributed by atoms with Crippen LogP contribution < -0.4 is 0 Å². The highest BCUT2D eigenvalue weighted by Crippen LogP contribution is 2.18. The standard InChI is InChI=1S/C17H23N3O2/c1-22-17(21)13-20-10-8-19(9-11-20)7-6-14-12-18-16-5-3-2-4-15(14)16/h2-5,12,18H,6-11,13H2,1H3. The van der Waals surface area contributed by atoms with E-state index in [1.54, 1.807) is 0 Å². The number of benzene rings is 1. The summed E-state index contributed by atoms with van der Waals surface area (Å²) < 4.78 is 4.72. The molecule has 3 rings (SSSR count). The lowest BCUT2D eigenvalue weighted by Crippen LogP contribution is -2.48. The Bertz CT molecular complexity index is 630. The molecule has 0 amide bonds. The molecule has 0 atom stereocenters. The van der Waals surface area contributed by atoms with Gasteiger partial charge in [-0.3, -0.25) is 9.69 Å². The van der Waals surface area contributed by atoms with E-state index in [4.69, 9.17) is 4.74 Å². The number of fused-ring (bicyclic) bond motifs is 1. The highest BCUT2D eigenvalue weighted by Gasteiger charge is 2.19. The molecule has 118 valence electrons. The summed E-state index contributed by atoms with van der Waals surface area (Å²) in [6.07, 6.45) is 3.18. The Labute approximate surface area is 130 Å². The van der Waals surface area contributed by atoms with Crippen LogP contribution in [0.25, 0.3) is 10.9 Å². The van der Waals surface area contributed by atoms with E-state index in [0.29, 0.717) is 6.54 Å². The van der Waals surface area contributed by atoms with Gasteiger partial charge in [-0.1, -0.05) is 18.2 Å². The molecule has 1 aliphatic heterocycles. The summed E-state index contributed by atoms with van der Waals surface area (Å²) in [7, 11) is 1.44. The predicted octanol–water partition coefficient (Wildman–Crippen LogP) is 1.50. The van der Waals surface area contributed by atoms with E-state index in [1.807, 2.05) is 0 Å². The van der Waals surface area contributed by atoms with Crippen LogP contribution in [-0.4, -0.2) is 67.1 Å². The fraction of sp³-hybridized carbons (Fsp3) is 0.471. The number of rotatable bonds is 5. The van der Waals surface area contributed by atoms with E-state index >= 15 is 0 Å². The Kier molecular flexibility index (Phi) is 4.75. The topological polar surface area (TPSA) is 48.6 Å². The molecule has 22 heavy (non-hydrogen) atoms. The average Bonchev–Trinajstić information content (AvgIpc) is 2.97. The first-order chi connectivity index (χ1) is 10.8. The van der Waals surface area contributed by atoms with Crippen LogP contribution in [0.1, 0.15) is 5.56 Å². The van der Waals surface area contributed by atoms with Gasteiger partial charge in [0.15, 0.2) is 0 Å². The molecular weight excluding hydrogens is 278 g/mol. The van der Waals surface area contributed by atoms with Gasteiger partial charge in [-0.15, -0.1) is 0 Å². The van der Waals surface area contributed by atoms with Gasteiger partial charge in [0.25, 0.3) is 0 Å². The summed E-state index contributed by atoms with van der Waals surface area (Å²) in [6, 6.07) is 8.44. The lowest BCUT2D eigenvalue weighted by molar-refractivity contribution is -0.142. The monoisotopic (exact) mass is 301 g/mol. The quantitative estimate of drug-likeness (QED) is 0.850. The van der Waals surface area contributed by atoms with Crippen LogP contribution in [0, 0.1) is 0 Å². The van der Waals surface area contributed by atoms with E-state index in [-0.39, 0.29) is 5.97 Å². The van der Waals surface area contributed by atoms with Crippen molar-refractivity contribution in [2.75, 3.05) is 46.4 Å². The summed E-state index contributed by atoms with van der Waals surface area (Å²) in [5, 5.41) is 1.33. The Morgan fingerprint density at radius 2 is 1.91 bits per heavy atom. The number of aromatic amines is 1. The Balaban J connectivity index is 1.48. The van der Waals surface area contributed by atoms with Gasteiger partial charge < -0.3 is 14.6 Å². The number of nitrogens with zero attached hydrogens (tertiary/aromatic N) is 2. The van der Waals surface area contributed by atoms with Gasteiger partial charge in [-0.05, 0) is 18.1 Å². The maximum absolute atomic E-state index is 11.3. The summed E-state index contributed by atoms with van der Waals surface area (Å²) in [5.41, 5.74) is 2.59. The van der Waals surface area contributed by atoms with Crippen LogP contribution in [0.3, 0.4) is 0 Å². The third-order valence-electron chi connectivity index (χ3n) is 4.42. The van der Waals surface area contributed by atoms with Crippen LogP contribution in [0.5, 0.6) is 0 Å². The molecule has 1 N–H and O–H groups in total. The van der Waals surface area contributed by atoms with Gasteiger partial charge in [0.05, 0.1) is 13.7 Å². The van der Waals surface area contributed by atoms with E-state index in [2.05, 4.69) is 45.2 Å². The van der Waals surface area contributed by atoms with Crippen molar-refractivity contribution in [2.45, 2.75) is 6.42 Å². The number of para-hydroxylation sites is 1. The molecule has 0 aliphatic carbocycles. The van der Waals surface area contributed by atoms with Gasteiger partial charge in [0.2, 0.25) is 0 Å². The van der Waals surface area contributed by atoms with Crippen molar-refractivity contribution in [1.29, 1.82) is 0 Å². The third-order valence-corrected chi connectivity index (χ3v) is 4.42. The van der Waals surface area contributed by atoms with Crippen molar-refractivity contribution in [3.05, 3.63) is 36.0 Å². The molecule has 1 aliphatic rings. The largest absolute Gasteiger partial charge is 0.468 e. The number of esters is 1. The minimum atomic E-state index is -0.146. The van der Waals surface area contributed by atoms with E-state index in [0.717, 1.165) is 39.1 Å². The number of ether oxygens (including phenoxy) is 1. The van der Waals surface area contributed by atoms with Crippen molar-refractivity contribution in [3.8, 4) is 0 Å². The first kappa shape index (κ1) is 15.1. The smallest absolute Gasteiger partial charge is 0.319 e. The number of hydrogen-bond acceptors (Lipinski definition) is 4. The van der Waals surface area contributed by atoms with E-state index in [1.165, 1.54) is 23.6 Å². The van der Waals surface area contributed by atoms with E-state index < -0.39 is 0 Å². The van der Waals surface area contributed by atoms with Gasteiger partial charge >= 0.3 is 5.97 Å². The minimum Gasteiger partial charge on any atom is -0.468 e. The Hall–Kier alpha value is -1.85. The lowest BCUT2D eigenvalue weighted by atomic mass is 10.1. The maximum Gasteiger partial charge on any atom is 0.319 e. The number of methoxy groups -OCH3 is 1. The SMILES string of the molecule is COC(=O)CN1CCN(CCc2c[nH]c3ccccc23)CC1. The number of carbonyl (C=O) groups is 1. The van der Waals surface area contributed by atoms with Crippen LogP contribution in [0.15, 0.2) is 30.5 Å². The molecule has 1 fully saturated rings. The van der Waals surface area contributed by atoms with Gasteiger partial charge in [-0.2, -0.15) is 0 Å². The highest BCUT2D eigenvalue weighted by molar-refractivity contribution is 5.83. The molecule has 0 radical (unpaired) electrons. The highest BCUT2D eigenvalue weighted by atomic mass is 16.5. The molecule has 0 unspecified atom stereocenters. The van der Waals surface area contributed by atoms with Crippen molar-refractivity contribution >= 4 is 16.9 Å². The normalized spacial score (nSPS) is 17.0. The molecule has 0 spiro atoms. The fourth-order valence-corrected chi connectivity index (χ4v) is 3.04. The lowest BCUT2D eigenvalue weighted by Gasteiger charge is -2.33. The molecule has 1 saturated heterocycles. The number of H-pyrrole nitrogens is 1. The molecule has 1 aromatic heterocycles. The minimum absolute atomic E-state index is 0.146. The zero-order valence-electron chi connectivity index (χ0n) is 13.0. The molecule has 5 nitrogen and oxygen atoms in total. The fourth-order valence-electron chi connectivity index (χ4n) is 3.04. The molecule has 5 heteroatoms. The molecular formula is C17H23N3O2. The Morgan fingerprint density at radius 3 is 2.68 bits per heavy atom. The second-order valence-electron chi connectivity index (χ2n) is 5.80. The van der Waals surface area contributed by atoms with Gasteiger partial charge in [0.1, 0.15) is 0 Å².